The summed E-state index contributed by atoms with van der Waals surface area (Å²) in [5.74, 6) is 0.286. The predicted molar refractivity (Wildman–Crippen MR) is 33.2 cm³/mol. The maximum atomic E-state index is 8.37. The molecule has 0 spiro atoms. The van der Waals surface area contributed by atoms with Crippen molar-refractivity contribution < 1.29 is 8.83 Å². The first-order chi connectivity index (χ1) is 4.90. The van der Waals surface area contributed by atoms with Crippen molar-refractivity contribution in [2.75, 3.05) is 0 Å². The van der Waals surface area contributed by atoms with Gasteiger partial charge >= 0.3 is 0 Å². The standard InChI is InChI=1S/C7H3NO2/c8-4-5-3-7-6(10-5)1-2-9-7/h1-3H. The normalized spacial score (nSPS) is 9.90. The second-order valence-electron chi connectivity index (χ2n) is 1.87. The maximum Gasteiger partial charge on any atom is 0.208 e. The lowest BCUT2D eigenvalue weighted by molar-refractivity contribution is 0.597. The average molecular weight is 133 g/mol. The number of hydrogen-bond donors (Lipinski definition) is 0. The molecule has 0 aliphatic rings. The summed E-state index contributed by atoms with van der Waals surface area (Å²) >= 11 is 0. The van der Waals surface area contributed by atoms with Gasteiger partial charge in [0.05, 0.1) is 6.26 Å². The van der Waals surface area contributed by atoms with Crippen LogP contribution in [0.2, 0.25) is 0 Å². The minimum absolute atomic E-state index is 0.286. The number of fused-ring (bicyclic) bond motifs is 1. The van der Waals surface area contributed by atoms with E-state index in [2.05, 4.69) is 0 Å². The first-order valence-corrected chi connectivity index (χ1v) is 2.77. The molecular weight excluding hydrogens is 130 g/mol. The molecule has 0 aliphatic carbocycles. The van der Waals surface area contributed by atoms with E-state index in [4.69, 9.17) is 14.1 Å². The Kier molecular flexibility index (Phi) is 0.842. The smallest absolute Gasteiger partial charge is 0.208 e. The Labute approximate surface area is 56.5 Å². The van der Waals surface area contributed by atoms with E-state index in [1.165, 1.54) is 6.26 Å². The van der Waals surface area contributed by atoms with Crippen LogP contribution in [0.3, 0.4) is 0 Å². The van der Waals surface area contributed by atoms with Crippen LogP contribution in [0.5, 0.6) is 0 Å². The van der Waals surface area contributed by atoms with Gasteiger partial charge in [-0.15, -0.1) is 0 Å². The number of furan rings is 2. The van der Waals surface area contributed by atoms with E-state index >= 15 is 0 Å². The highest BCUT2D eigenvalue weighted by molar-refractivity contribution is 5.71. The van der Waals surface area contributed by atoms with Crippen molar-refractivity contribution in [3.05, 3.63) is 24.2 Å². The van der Waals surface area contributed by atoms with Crippen LogP contribution >= 0.6 is 0 Å². The molecule has 3 nitrogen and oxygen atoms in total. The number of hydrogen-bond acceptors (Lipinski definition) is 3. The van der Waals surface area contributed by atoms with Gasteiger partial charge in [-0.25, -0.2) is 0 Å². The molecule has 0 unspecified atom stereocenters. The van der Waals surface area contributed by atoms with E-state index < -0.39 is 0 Å². The fraction of sp³-hybridized carbons (Fsp3) is 0. The van der Waals surface area contributed by atoms with Crippen LogP contribution in [-0.4, -0.2) is 0 Å². The highest BCUT2D eigenvalue weighted by Gasteiger charge is 2.03. The Balaban J connectivity index is 2.81. The van der Waals surface area contributed by atoms with Crippen molar-refractivity contribution in [3.63, 3.8) is 0 Å². The van der Waals surface area contributed by atoms with E-state index in [1.54, 1.807) is 12.1 Å². The lowest BCUT2D eigenvalue weighted by atomic mass is 10.4. The Bertz CT molecular complexity index is 362. The van der Waals surface area contributed by atoms with E-state index in [0.29, 0.717) is 11.2 Å². The van der Waals surface area contributed by atoms with Gasteiger partial charge in [-0.2, -0.15) is 5.26 Å². The molecule has 0 atom stereocenters. The van der Waals surface area contributed by atoms with Gasteiger partial charge in [0.2, 0.25) is 5.76 Å². The molecule has 0 N–H and O–H groups in total. The van der Waals surface area contributed by atoms with Gasteiger partial charge in [0, 0.05) is 12.1 Å². The fourth-order valence-corrected chi connectivity index (χ4v) is 0.821. The molecule has 2 aromatic rings. The van der Waals surface area contributed by atoms with Crippen molar-refractivity contribution in [1.29, 1.82) is 5.26 Å². The zero-order valence-electron chi connectivity index (χ0n) is 5.00. The summed E-state index contributed by atoms with van der Waals surface area (Å²) in [6.07, 6.45) is 1.52. The van der Waals surface area contributed by atoms with Gasteiger partial charge in [-0.3, -0.25) is 0 Å². The third-order valence-electron chi connectivity index (χ3n) is 1.25. The first-order valence-electron chi connectivity index (χ1n) is 2.77. The summed E-state index contributed by atoms with van der Waals surface area (Å²) in [6.45, 7) is 0. The summed E-state index contributed by atoms with van der Waals surface area (Å²) in [4.78, 5) is 0. The summed E-state index contributed by atoms with van der Waals surface area (Å²) in [6, 6.07) is 5.12. The van der Waals surface area contributed by atoms with Crippen LogP contribution in [0, 0.1) is 11.3 Å². The fourth-order valence-electron chi connectivity index (χ4n) is 0.821. The van der Waals surface area contributed by atoms with E-state index in [0.717, 1.165) is 0 Å². The number of nitrogens with zero attached hydrogens (tertiary/aromatic N) is 1. The second-order valence-corrected chi connectivity index (χ2v) is 1.87. The summed E-state index contributed by atoms with van der Waals surface area (Å²) in [5, 5.41) is 8.37. The maximum absolute atomic E-state index is 8.37. The molecule has 10 heavy (non-hydrogen) atoms. The van der Waals surface area contributed by atoms with Crippen LogP contribution in [0.25, 0.3) is 11.2 Å². The highest BCUT2D eigenvalue weighted by Crippen LogP contribution is 2.18. The molecule has 0 aromatic carbocycles. The van der Waals surface area contributed by atoms with Crippen molar-refractivity contribution in [2.24, 2.45) is 0 Å². The molecule has 2 rings (SSSR count). The zero-order chi connectivity index (χ0) is 6.97. The number of rotatable bonds is 0. The topological polar surface area (TPSA) is 50.1 Å². The molecule has 2 heterocycles. The van der Waals surface area contributed by atoms with Gasteiger partial charge in [-0.1, -0.05) is 0 Å². The zero-order valence-corrected chi connectivity index (χ0v) is 5.00. The second kappa shape index (κ2) is 1.64. The monoisotopic (exact) mass is 133 g/mol. The third kappa shape index (κ3) is 0.531. The van der Waals surface area contributed by atoms with Crippen molar-refractivity contribution >= 4 is 11.2 Å². The largest absolute Gasteiger partial charge is 0.461 e. The molecule has 0 radical (unpaired) electrons. The molecule has 0 fully saturated rings. The van der Waals surface area contributed by atoms with Crippen molar-refractivity contribution in [2.45, 2.75) is 0 Å². The van der Waals surface area contributed by atoms with Gasteiger partial charge in [-0.05, 0) is 0 Å². The minimum atomic E-state index is 0.286. The van der Waals surface area contributed by atoms with Crippen LogP contribution in [0.1, 0.15) is 5.76 Å². The van der Waals surface area contributed by atoms with Crippen LogP contribution < -0.4 is 0 Å². The number of nitriles is 1. The Morgan fingerprint density at radius 2 is 2.30 bits per heavy atom. The predicted octanol–water partition coefficient (Wildman–Crippen LogP) is 1.90. The van der Waals surface area contributed by atoms with Crippen LogP contribution in [-0.2, 0) is 0 Å². The highest BCUT2D eigenvalue weighted by atomic mass is 16.4. The summed E-state index contributed by atoms with van der Waals surface area (Å²) in [5.41, 5.74) is 1.24. The van der Waals surface area contributed by atoms with Crippen LogP contribution in [0.15, 0.2) is 27.2 Å². The molecule has 0 saturated carbocycles. The lowest BCUT2D eigenvalue weighted by Crippen LogP contribution is -1.56. The molecule has 0 amide bonds. The SMILES string of the molecule is N#Cc1cc2occc2o1. The van der Waals surface area contributed by atoms with Gasteiger partial charge in [0.15, 0.2) is 11.2 Å². The molecular formula is C7H3NO2. The molecule has 3 heteroatoms. The van der Waals surface area contributed by atoms with Crippen molar-refractivity contribution in [3.8, 4) is 6.07 Å². The third-order valence-corrected chi connectivity index (χ3v) is 1.25. The molecule has 48 valence electrons. The van der Waals surface area contributed by atoms with E-state index in [-0.39, 0.29) is 5.76 Å². The van der Waals surface area contributed by atoms with Crippen LogP contribution in [0.4, 0.5) is 0 Å². The molecule has 0 aliphatic heterocycles. The van der Waals surface area contributed by atoms with E-state index in [1.807, 2.05) is 6.07 Å². The van der Waals surface area contributed by atoms with Gasteiger partial charge in [0.25, 0.3) is 0 Å². The molecule has 0 saturated heterocycles. The Morgan fingerprint density at radius 1 is 1.40 bits per heavy atom. The minimum Gasteiger partial charge on any atom is -0.461 e. The first kappa shape index (κ1) is 5.12. The van der Waals surface area contributed by atoms with E-state index in [9.17, 15) is 0 Å². The van der Waals surface area contributed by atoms with Crippen molar-refractivity contribution in [1.82, 2.24) is 0 Å². The Morgan fingerprint density at radius 3 is 3.00 bits per heavy atom. The Hall–Kier alpha value is -1.69. The van der Waals surface area contributed by atoms with Gasteiger partial charge < -0.3 is 8.83 Å². The molecule has 0 bridgehead atoms. The van der Waals surface area contributed by atoms with Gasteiger partial charge in [0.1, 0.15) is 6.07 Å². The quantitative estimate of drug-likeness (QED) is 0.551. The molecule has 2 aromatic heterocycles. The summed E-state index contributed by atoms with van der Waals surface area (Å²) in [7, 11) is 0. The lowest BCUT2D eigenvalue weighted by Gasteiger charge is -1.69. The summed E-state index contributed by atoms with van der Waals surface area (Å²) < 4.78 is 9.96. The average Bonchev–Trinajstić information content (AvgIpc) is 2.42.